The molecule has 0 aliphatic carbocycles. The van der Waals surface area contributed by atoms with Crippen LogP contribution in [-0.4, -0.2) is 0 Å². The van der Waals surface area contributed by atoms with Gasteiger partial charge in [-0.15, -0.1) is 0 Å². The lowest BCUT2D eigenvalue weighted by Gasteiger charge is -1.82. The van der Waals surface area contributed by atoms with Crippen molar-refractivity contribution in [2.75, 3.05) is 0 Å². The van der Waals surface area contributed by atoms with Gasteiger partial charge < -0.3 is 0 Å². The van der Waals surface area contributed by atoms with Crippen molar-refractivity contribution in [3.8, 4) is 0 Å². The average molecular weight is 189 g/mol. The summed E-state index contributed by atoms with van der Waals surface area (Å²) in [6.07, 6.45) is 0. The van der Waals surface area contributed by atoms with E-state index in [1.807, 2.05) is 18.2 Å². The smallest absolute Gasteiger partial charge is 0.0156 e. The second kappa shape index (κ2) is 7.64. The summed E-state index contributed by atoms with van der Waals surface area (Å²) in [7, 11) is 0. The summed E-state index contributed by atoms with van der Waals surface area (Å²) in [5.74, 6) is 0. The monoisotopic (exact) mass is 188 g/mol. The number of aryl methyl sites for hydroxylation is 1. The van der Waals surface area contributed by atoms with Crippen molar-refractivity contribution in [2.45, 2.75) is 6.92 Å². The van der Waals surface area contributed by atoms with Gasteiger partial charge in [-0.2, -0.15) is 0 Å². The van der Waals surface area contributed by atoms with E-state index < -0.39 is 0 Å². The van der Waals surface area contributed by atoms with Gasteiger partial charge >= 0.3 is 0 Å². The fourth-order valence-corrected chi connectivity index (χ4v) is 0.534. The molecule has 1 aromatic carbocycles. The third-order valence-electron chi connectivity index (χ3n) is 0.988. The van der Waals surface area contributed by atoms with E-state index in [0.29, 0.717) is 0 Å². The minimum atomic E-state index is 1.24. The molecule has 11 heavy (non-hydrogen) atoms. The molecule has 0 amide bonds. The van der Waals surface area contributed by atoms with Gasteiger partial charge in [0.25, 0.3) is 0 Å². The minimum Gasteiger partial charge on any atom is -0.0920 e. The zero-order valence-electron chi connectivity index (χ0n) is 6.30. The molecular weight excluding hydrogens is 179 g/mol. The molecule has 1 aromatic rings. The van der Waals surface area contributed by atoms with Crippen molar-refractivity contribution in [1.29, 1.82) is 0 Å². The maximum absolute atomic E-state index is 4.87. The van der Waals surface area contributed by atoms with E-state index in [1.54, 1.807) is 0 Å². The Labute approximate surface area is 77.4 Å². The molecule has 0 nitrogen and oxygen atoms in total. The summed E-state index contributed by atoms with van der Waals surface area (Å²) in [5.41, 5.74) is 3.80. The van der Waals surface area contributed by atoms with Crippen molar-refractivity contribution in [1.82, 2.24) is 0 Å². The van der Waals surface area contributed by atoms with Crippen LogP contribution in [0.3, 0.4) is 0 Å². The lowest BCUT2D eigenvalue weighted by molar-refractivity contribution is 1.48. The third kappa shape index (κ3) is 7.44. The first kappa shape index (κ1) is 10.5. The van der Waals surface area contributed by atoms with Gasteiger partial charge in [-0.05, 0) is 6.92 Å². The molecule has 60 valence electrons. The highest BCUT2D eigenvalue weighted by Crippen LogP contribution is 1.92. The molecule has 0 N–H and O–H groups in total. The SMILES string of the molecule is Cc1ccccc1.Cl/C=C/Cl. The van der Waals surface area contributed by atoms with Crippen molar-refractivity contribution >= 4 is 23.2 Å². The Morgan fingerprint density at radius 3 is 1.64 bits per heavy atom. The summed E-state index contributed by atoms with van der Waals surface area (Å²) in [6.45, 7) is 2.08. The highest BCUT2D eigenvalue weighted by atomic mass is 35.5. The van der Waals surface area contributed by atoms with Crippen LogP contribution in [-0.2, 0) is 0 Å². The van der Waals surface area contributed by atoms with Gasteiger partial charge in [-0.25, -0.2) is 0 Å². The number of benzene rings is 1. The van der Waals surface area contributed by atoms with Crippen molar-refractivity contribution in [2.24, 2.45) is 0 Å². The Kier molecular flexibility index (Phi) is 7.33. The molecule has 0 aliphatic rings. The molecule has 0 radical (unpaired) electrons. The maximum Gasteiger partial charge on any atom is 0.0156 e. The fraction of sp³-hybridized carbons (Fsp3) is 0.111. The van der Waals surface area contributed by atoms with Crippen LogP contribution in [0.1, 0.15) is 5.56 Å². The summed E-state index contributed by atoms with van der Waals surface area (Å²) in [5, 5.41) is 0. The standard InChI is InChI=1S/C7H8.C2H2Cl2/c1-7-5-3-2-4-6-7;3-1-2-4/h2-6H,1H3;1-2H/b;2-1+. The first-order valence-electron chi connectivity index (χ1n) is 3.18. The number of halogens is 2. The Morgan fingerprint density at radius 2 is 1.45 bits per heavy atom. The van der Waals surface area contributed by atoms with Gasteiger partial charge in [0.15, 0.2) is 0 Å². The molecule has 0 aromatic heterocycles. The normalized spacial score (nSPS) is 9.00. The topological polar surface area (TPSA) is 0 Å². The molecule has 0 saturated heterocycles. The number of rotatable bonds is 0. The van der Waals surface area contributed by atoms with Crippen molar-refractivity contribution in [3.05, 3.63) is 47.0 Å². The van der Waals surface area contributed by atoms with Crippen LogP contribution in [0.4, 0.5) is 0 Å². The molecular formula is C9H10Cl2. The van der Waals surface area contributed by atoms with Gasteiger partial charge in [0, 0.05) is 11.1 Å². The van der Waals surface area contributed by atoms with E-state index in [2.05, 4.69) is 19.1 Å². The zero-order valence-corrected chi connectivity index (χ0v) is 7.81. The van der Waals surface area contributed by atoms with Crippen LogP contribution in [0.25, 0.3) is 0 Å². The molecule has 2 heteroatoms. The van der Waals surface area contributed by atoms with E-state index in [4.69, 9.17) is 23.2 Å². The predicted molar refractivity (Wildman–Crippen MR) is 52.0 cm³/mol. The quantitative estimate of drug-likeness (QED) is 0.579. The van der Waals surface area contributed by atoms with Crippen LogP contribution < -0.4 is 0 Å². The van der Waals surface area contributed by atoms with E-state index in [1.165, 1.54) is 16.6 Å². The second-order valence-electron chi connectivity index (χ2n) is 1.91. The molecule has 0 fully saturated rings. The van der Waals surface area contributed by atoms with Crippen LogP contribution in [0.5, 0.6) is 0 Å². The molecule has 0 heterocycles. The summed E-state index contributed by atoms with van der Waals surface area (Å²) < 4.78 is 0. The molecule has 0 spiro atoms. The lowest BCUT2D eigenvalue weighted by atomic mass is 10.2. The van der Waals surface area contributed by atoms with E-state index >= 15 is 0 Å². The highest BCUT2D eigenvalue weighted by Gasteiger charge is 1.72. The molecule has 0 aliphatic heterocycles. The Morgan fingerprint density at radius 1 is 1.00 bits per heavy atom. The molecule has 0 bridgehead atoms. The minimum absolute atomic E-state index is 1.24. The van der Waals surface area contributed by atoms with Gasteiger partial charge in [0.1, 0.15) is 0 Å². The Balaban J connectivity index is 0.000000218. The molecule has 0 atom stereocenters. The van der Waals surface area contributed by atoms with Crippen LogP contribution in [0.15, 0.2) is 41.4 Å². The summed E-state index contributed by atoms with van der Waals surface area (Å²) >= 11 is 9.75. The summed E-state index contributed by atoms with van der Waals surface area (Å²) in [4.78, 5) is 0. The number of hydrogen-bond donors (Lipinski definition) is 0. The zero-order chi connectivity index (χ0) is 8.53. The molecule has 0 unspecified atom stereocenters. The fourth-order valence-electron chi connectivity index (χ4n) is 0.534. The van der Waals surface area contributed by atoms with Crippen molar-refractivity contribution < 1.29 is 0 Å². The number of hydrogen-bond acceptors (Lipinski definition) is 0. The van der Waals surface area contributed by atoms with Crippen LogP contribution in [0.2, 0.25) is 0 Å². The third-order valence-corrected chi connectivity index (χ3v) is 1.37. The largest absolute Gasteiger partial charge is 0.0920 e. The van der Waals surface area contributed by atoms with Gasteiger partial charge in [-0.3, -0.25) is 0 Å². The first-order valence-corrected chi connectivity index (χ1v) is 4.05. The second-order valence-corrected chi connectivity index (χ2v) is 2.41. The highest BCUT2D eigenvalue weighted by molar-refractivity contribution is 6.33. The Bertz CT molecular complexity index is 188. The van der Waals surface area contributed by atoms with Crippen LogP contribution >= 0.6 is 23.2 Å². The predicted octanol–water partition coefficient (Wildman–Crippen LogP) is 3.93. The molecule has 0 saturated carbocycles. The average Bonchev–Trinajstić information content (AvgIpc) is 2.07. The van der Waals surface area contributed by atoms with Gasteiger partial charge in [0.05, 0.1) is 0 Å². The molecule has 1 rings (SSSR count). The van der Waals surface area contributed by atoms with E-state index in [0.717, 1.165) is 0 Å². The van der Waals surface area contributed by atoms with Crippen LogP contribution in [0, 0.1) is 6.92 Å². The van der Waals surface area contributed by atoms with Crippen molar-refractivity contribution in [3.63, 3.8) is 0 Å². The Hall–Kier alpha value is -0.460. The van der Waals surface area contributed by atoms with E-state index in [9.17, 15) is 0 Å². The van der Waals surface area contributed by atoms with Gasteiger partial charge in [0.2, 0.25) is 0 Å². The van der Waals surface area contributed by atoms with E-state index in [-0.39, 0.29) is 0 Å². The summed E-state index contributed by atoms with van der Waals surface area (Å²) in [6, 6.07) is 10.3. The van der Waals surface area contributed by atoms with Gasteiger partial charge in [-0.1, -0.05) is 59.1 Å². The first-order chi connectivity index (χ1) is 5.31. The lowest BCUT2D eigenvalue weighted by Crippen LogP contribution is -1.62. The maximum atomic E-state index is 4.87.